The maximum Gasteiger partial charge on any atom is 0.262 e. The van der Waals surface area contributed by atoms with E-state index in [1.807, 2.05) is 43.3 Å². The van der Waals surface area contributed by atoms with Crippen LogP contribution in [0.1, 0.15) is 5.56 Å². The smallest absolute Gasteiger partial charge is 0.262 e. The molecule has 23 heavy (non-hydrogen) atoms. The zero-order valence-electron chi connectivity index (χ0n) is 12.5. The van der Waals surface area contributed by atoms with Gasteiger partial charge in [-0.2, -0.15) is 0 Å². The fourth-order valence-electron chi connectivity index (χ4n) is 2.06. The predicted molar refractivity (Wildman–Crippen MR) is 84.5 cm³/mol. The van der Waals surface area contributed by atoms with Gasteiger partial charge in [0.1, 0.15) is 12.1 Å². The number of ether oxygens (including phenoxy) is 1. The molecule has 0 atom stereocenters. The Balaban J connectivity index is 1.61. The number of anilines is 1. The van der Waals surface area contributed by atoms with Gasteiger partial charge in [-0.25, -0.2) is 4.68 Å². The number of benzene rings is 2. The lowest BCUT2D eigenvalue weighted by Crippen LogP contribution is -2.20. The number of hydrogen-bond donors (Lipinski definition) is 1. The highest BCUT2D eigenvalue weighted by Gasteiger charge is 2.05. The van der Waals surface area contributed by atoms with Gasteiger partial charge in [0.05, 0.1) is 5.69 Å². The van der Waals surface area contributed by atoms with E-state index in [0.29, 0.717) is 11.4 Å². The minimum absolute atomic E-state index is 0.0570. The lowest BCUT2D eigenvalue weighted by Gasteiger charge is -2.09. The van der Waals surface area contributed by atoms with Gasteiger partial charge >= 0.3 is 0 Å². The number of carbonyl (C=O) groups excluding carboxylic acids is 1. The summed E-state index contributed by atoms with van der Waals surface area (Å²) in [7, 11) is 0. The molecule has 1 N–H and O–H groups in total. The van der Waals surface area contributed by atoms with E-state index in [0.717, 1.165) is 11.3 Å². The Hall–Kier alpha value is -3.22. The Morgan fingerprint density at radius 3 is 2.87 bits per heavy atom. The fourth-order valence-corrected chi connectivity index (χ4v) is 2.06. The predicted octanol–water partition coefficient (Wildman–Crippen LogP) is 1.99. The highest BCUT2D eigenvalue weighted by Crippen LogP contribution is 2.14. The number of tetrazole rings is 1. The van der Waals surface area contributed by atoms with Crippen molar-refractivity contribution in [1.82, 2.24) is 20.2 Å². The molecule has 0 aliphatic heterocycles. The van der Waals surface area contributed by atoms with Gasteiger partial charge in [-0.05, 0) is 53.2 Å². The molecule has 0 unspecified atom stereocenters. The van der Waals surface area contributed by atoms with Gasteiger partial charge in [0.25, 0.3) is 5.91 Å². The molecule has 3 aromatic rings. The number of carbonyl (C=O) groups is 1. The molecule has 0 fully saturated rings. The van der Waals surface area contributed by atoms with Crippen LogP contribution in [0, 0.1) is 6.92 Å². The standard InChI is InChI=1S/C16H15N5O2/c1-12-4-2-7-15(8-12)23-10-16(22)18-13-5-3-6-14(9-13)21-11-17-19-20-21/h2-9,11H,10H2,1H3,(H,18,22). The molecule has 0 aliphatic carbocycles. The van der Waals surface area contributed by atoms with Crippen LogP contribution in [0.2, 0.25) is 0 Å². The minimum atomic E-state index is -0.236. The lowest BCUT2D eigenvalue weighted by molar-refractivity contribution is -0.118. The first-order valence-corrected chi connectivity index (χ1v) is 7.03. The Kier molecular flexibility index (Phi) is 4.28. The summed E-state index contributed by atoms with van der Waals surface area (Å²) >= 11 is 0. The molecule has 1 heterocycles. The Bertz CT molecular complexity index is 802. The van der Waals surface area contributed by atoms with E-state index in [1.165, 1.54) is 11.0 Å². The zero-order chi connectivity index (χ0) is 16.1. The Labute approximate surface area is 132 Å². The third-order valence-electron chi connectivity index (χ3n) is 3.10. The van der Waals surface area contributed by atoms with Crippen LogP contribution in [0.5, 0.6) is 5.75 Å². The molecule has 0 spiro atoms. The number of hydrogen-bond acceptors (Lipinski definition) is 5. The molecule has 1 amide bonds. The first kappa shape index (κ1) is 14.7. The number of aryl methyl sites for hydroxylation is 1. The van der Waals surface area contributed by atoms with E-state index in [-0.39, 0.29) is 12.5 Å². The first-order chi connectivity index (χ1) is 11.2. The highest BCUT2D eigenvalue weighted by atomic mass is 16.5. The van der Waals surface area contributed by atoms with Crippen LogP contribution in [-0.4, -0.2) is 32.7 Å². The summed E-state index contributed by atoms with van der Waals surface area (Å²) in [6.45, 7) is 1.91. The lowest BCUT2D eigenvalue weighted by atomic mass is 10.2. The SMILES string of the molecule is Cc1cccc(OCC(=O)Nc2cccc(-n3cnnn3)c2)c1. The monoisotopic (exact) mass is 309 g/mol. The molecular weight excluding hydrogens is 294 g/mol. The molecule has 7 heteroatoms. The number of aromatic nitrogens is 4. The molecular formula is C16H15N5O2. The molecule has 0 saturated carbocycles. The summed E-state index contributed by atoms with van der Waals surface area (Å²) in [4.78, 5) is 12.0. The van der Waals surface area contributed by atoms with Crippen molar-refractivity contribution in [2.75, 3.05) is 11.9 Å². The van der Waals surface area contributed by atoms with E-state index in [9.17, 15) is 4.79 Å². The van der Waals surface area contributed by atoms with Gasteiger partial charge in [-0.1, -0.05) is 18.2 Å². The first-order valence-electron chi connectivity index (χ1n) is 7.03. The fraction of sp³-hybridized carbons (Fsp3) is 0.125. The number of nitrogens with one attached hydrogen (secondary N) is 1. The molecule has 3 rings (SSSR count). The van der Waals surface area contributed by atoms with E-state index in [2.05, 4.69) is 20.8 Å². The molecule has 0 bridgehead atoms. The molecule has 7 nitrogen and oxygen atoms in total. The van der Waals surface area contributed by atoms with Crippen LogP contribution in [0.15, 0.2) is 54.9 Å². The van der Waals surface area contributed by atoms with Gasteiger partial charge < -0.3 is 10.1 Å². The van der Waals surface area contributed by atoms with Gasteiger partial charge in [-0.15, -0.1) is 5.10 Å². The maximum atomic E-state index is 12.0. The number of nitrogens with zero attached hydrogens (tertiary/aromatic N) is 4. The zero-order valence-corrected chi connectivity index (χ0v) is 12.5. The Morgan fingerprint density at radius 2 is 2.09 bits per heavy atom. The minimum Gasteiger partial charge on any atom is -0.484 e. The molecule has 0 saturated heterocycles. The van der Waals surface area contributed by atoms with E-state index in [4.69, 9.17) is 4.74 Å². The summed E-state index contributed by atoms with van der Waals surface area (Å²) in [5.74, 6) is 0.433. The molecule has 0 aliphatic rings. The van der Waals surface area contributed by atoms with Gasteiger partial charge in [0.2, 0.25) is 0 Å². The quantitative estimate of drug-likeness (QED) is 0.779. The van der Waals surface area contributed by atoms with Crippen molar-refractivity contribution in [3.05, 3.63) is 60.4 Å². The molecule has 116 valence electrons. The van der Waals surface area contributed by atoms with Crippen LogP contribution in [0.3, 0.4) is 0 Å². The van der Waals surface area contributed by atoms with Crippen molar-refractivity contribution < 1.29 is 9.53 Å². The second-order valence-corrected chi connectivity index (χ2v) is 4.96. The van der Waals surface area contributed by atoms with Crippen molar-refractivity contribution in [3.8, 4) is 11.4 Å². The second-order valence-electron chi connectivity index (χ2n) is 4.96. The normalized spacial score (nSPS) is 10.3. The van der Waals surface area contributed by atoms with Crippen molar-refractivity contribution in [2.24, 2.45) is 0 Å². The summed E-state index contributed by atoms with van der Waals surface area (Å²) in [5.41, 5.74) is 2.49. The summed E-state index contributed by atoms with van der Waals surface area (Å²) in [6.07, 6.45) is 1.49. The third-order valence-corrected chi connectivity index (χ3v) is 3.10. The van der Waals surface area contributed by atoms with Gasteiger partial charge in [0.15, 0.2) is 6.61 Å². The van der Waals surface area contributed by atoms with Gasteiger partial charge in [0, 0.05) is 5.69 Å². The van der Waals surface area contributed by atoms with Crippen molar-refractivity contribution in [1.29, 1.82) is 0 Å². The number of amides is 1. The molecule has 0 radical (unpaired) electrons. The van der Waals surface area contributed by atoms with E-state index >= 15 is 0 Å². The Morgan fingerprint density at radius 1 is 1.22 bits per heavy atom. The van der Waals surface area contributed by atoms with E-state index < -0.39 is 0 Å². The van der Waals surface area contributed by atoms with Crippen molar-refractivity contribution in [2.45, 2.75) is 6.92 Å². The second kappa shape index (κ2) is 6.69. The van der Waals surface area contributed by atoms with Crippen LogP contribution >= 0.6 is 0 Å². The van der Waals surface area contributed by atoms with Crippen LogP contribution in [0.25, 0.3) is 5.69 Å². The average molecular weight is 309 g/mol. The number of rotatable bonds is 5. The van der Waals surface area contributed by atoms with E-state index in [1.54, 1.807) is 12.1 Å². The molecule has 2 aromatic carbocycles. The summed E-state index contributed by atoms with van der Waals surface area (Å²) < 4.78 is 6.99. The highest BCUT2D eigenvalue weighted by molar-refractivity contribution is 5.92. The van der Waals surface area contributed by atoms with Crippen LogP contribution < -0.4 is 10.1 Å². The summed E-state index contributed by atoms with van der Waals surface area (Å²) in [5, 5.41) is 13.8. The molecule has 1 aromatic heterocycles. The topological polar surface area (TPSA) is 81.9 Å². The summed E-state index contributed by atoms with van der Waals surface area (Å²) in [6, 6.07) is 14.8. The van der Waals surface area contributed by atoms with Crippen LogP contribution in [0.4, 0.5) is 5.69 Å². The third kappa shape index (κ3) is 3.91. The largest absolute Gasteiger partial charge is 0.484 e. The van der Waals surface area contributed by atoms with Crippen molar-refractivity contribution in [3.63, 3.8) is 0 Å². The average Bonchev–Trinajstić information content (AvgIpc) is 3.08. The van der Waals surface area contributed by atoms with Crippen LogP contribution in [-0.2, 0) is 4.79 Å². The van der Waals surface area contributed by atoms with Gasteiger partial charge in [-0.3, -0.25) is 4.79 Å². The maximum absolute atomic E-state index is 12.0. The van der Waals surface area contributed by atoms with Crippen molar-refractivity contribution >= 4 is 11.6 Å².